The number of ether oxygens (including phenoxy) is 1. The van der Waals surface area contributed by atoms with Crippen LogP contribution in [-0.4, -0.2) is 4.98 Å². The van der Waals surface area contributed by atoms with Crippen molar-refractivity contribution in [2.45, 2.75) is 0 Å². The fraction of sp³-hybridized carbons (Fsp3) is 0. The van der Waals surface area contributed by atoms with Gasteiger partial charge in [-0.05, 0) is 29.0 Å². The summed E-state index contributed by atoms with van der Waals surface area (Å²) in [5.74, 6) is 1.33. The molecule has 0 aliphatic carbocycles. The standard InChI is InChI=1S/C15H12N2O/c16-14-7-8-17-10-15(14)18-13-6-5-11-3-1-2-4-12(11)9-13/h1-10H,(H2,16,17). The Balaban J connectivity index is 1.98. The first-order chi connectivity index (χ1) is 8.83. The molecule has 2 aromatic carbocycles. The Kier molecular flexibility index (Phi) is 2.57. The van der Waals surface area contributed by atoms with Crippen molar-refractivity contribution in [1.82, 2.24) is 4.98 Å². The number of benzene rings is 2. The number of nitrogen functional groups attached to an aromatic ring is 1. The predicted molar refractivity (Wildman–Crippen MR) is 72.7 cm³/mol. The normalized spacial score (nSPS) is 10.4. The summed E-state index contributed by atoms with van der Waals surface area (Å²) in [6.07, 6.45) is 3.26. The molecule has 0 amide bonds. The van der Waals surface area contributed by atoms with Crippen molar-refractivity contribution in [3.8, 4) is 11.5 Å². The molecule has 3 nitrogen and oxygen atoms in total. The van der Waals surface area contributed by atoms with Crippen molar-refractivity contribution in [2.75, 3.05) is 5.73 Å². The van der Waals surface area contributed by atoms with E-state index < -0.39 is 0 Å². The van der Waals surface area contributed by atoms with E-state index in [2.05, 4.69) is 17.1 Å². The van der Waals surface area contributed by atoms with E-state index in [0.717, 1.165) is 11.1 Å². The molecule has 0 fully saturated rings. The molecule has 0 saturated heterocycles. The average molecular weight is 236 g/mol. The molecule has 2 N–H and O–H groups in total. The molecule has 0 aliphatic rings. The first kappa shape index (κ1) is 10.6. The number of pyridine rings is 1. The molecule has 3 rings (SSSR count). The van der Waals surface area contributed by atoms with E-state index in [-0.39, 0.29) is 0 Å². The number of fused-ring (bicyclic) bond motifs is 1. The van der Waals surface area contributed by atoms with Gasteiger partial charge in [0.1, 0.15) is 5.75 Å². The highest BCUT2D eigenvalue weighted by Crippen LogP contribution is 2.28. The van der Waals surface area contributed by atoms with Crippen LogP contribution in [0.5, 0.6) is 11.5 Å². The summed E-state index contributed by atoms with van der Waals surface area (Å²) in [5.41, 5.74) is 6.40. The predicted octanol–water partition coefficient (Wildman–Crippen LogP) is 3.61. The minimum atomic E-state index is 0.577. The Morgan fingerprint density at radius 1 is 0.944 bits per heavy atom. The van der Waals surface area contributed by atoms with Gasteiger partial charge < -0.3 is 10.5 Å². The molecule has 1 aromatic heterocycles. The molecular formula is C15H12N2O. The Hall–Kier alpha value is -2.55. The van der Waals surface area contributed by atoms with Crippen molar-refractivity contribution >= 4 is 16.5 Å². The number of hydrogen-bond donors (Lipinski definition) is 1. The molecule has 3 heteroatoms. The van der Waals surface area contributed by atoms with Crippen LogP contribution in [-0.2, 0) is 0 Å². The van der Waals surface area contributed by atoms with E-state index in [1.165, 1.54) is 5.39 Å². The van der Waals surface area contributed by atoms with Gasteiger partial charge in [0.25, 0.3) is 0 Å². The monoisotopic (exact) mass is 236 g/mol. The Morgan fingerprint density at radius 2 is 1.78 bits per heavy atom. The summed E-state index contributed by atoms with van der Waals surface area (Å²) in [5, 5.41) is 2.32. The van der Waals surface area contributed by atoms with Crippen molar-refractivity contribution in [1.29, 1.82) is 0 Å². The van der Waals surface area contributed by atoms with Crippen LogP contribution in [0.25, 0.3) is 10.8 Å². The Bertz CT molecular complexity index is 695. The minimum absolute atomic E-state index is 0.577. The summed E-state index contributed by atoms with van der Waals surface area (Å²) in [4.78, 5) is 4.00. The molecule has 3 aromatic rings. The lowest BCUT2D eigenvalue weighted by atomic mass is 10.1. The van der Waals surface area contributed by atoms with Gasteiger partial charge in [-0.25, -0.2) is 0 Å². The number of nitrogens with zero attached hydrogens (tertiary/aromatic N) is 1. The molecule has 0 atom stereocenters. The fourth-order valence-electron chi connectivity index (χ4n) is 1.83. The van der Waals surface area contributed by atoms with E-state index in [1.54, 1.807) is 18.5 Å². The van der Waals surface area contributed by atoms with Gasteiger partial charge in [0.2, 0.25) is 0 Å². The van der Waals surface area contributed by atoms with Gasteiger partial charge >= 0.3 is 0 Å². The summed E-state index contributed by atoms with van der Waals surface area (Å²) in [7, 11) is 0. The minimum Gasteiger partial charge on any atom is -0.454 e. The number of aromatic nitrogens is 1. The molecule has 0 spiro atoms. The lowest BCUT2D eigenvalue weighted by Crippen LogP contribution is -1.92. The lowest BCUT2D eigenvalue weighted by molar-refractivity contribution is 0.483. The van der Waals surface area contributed by atoms with Crippen LogP contribution < -0.4 is 10.5 Å². The zero-order valence-corrected chi connectivity index (χ0v) is 9.71. The van der Waals surface area contributed by atoms with Gasteiger partial charge in [0.15, 0.2) is 5.75 Å². The highest BCUT2D eigenvalue weighted by Gasteiger charge is 2.02. The van der Waals surface area contributed by atoms with Gasteiger partial charge in [-0.15, -0.1) is 0 Å². The molecule has 0 radical (unpaired) electrons. The maximum absolute atomic E-state index is 5.82. The van der Waals surface area contributed by atoms with E-state index >= 15 is 0 Å². The lowest BCUT2D eigenvalue weighted by Gasteiger charge is -2.08. The highest BCUT2D eigenvalue weighted by atomic mass is 16.5. The third-order valence-electron chi connectivity index (χ3n) is 2.77. The van der Waals surface area contributed by atoms with Crippen LogP contribution >= 0.6 is 0 Å². The van der Waals surface area contributed by atoms with Crippen LogP contribution in [0, 0.1) is 0 Å². The average Bonchev–Trinajstić information content (AvgIpc) is 2.41. The van der Waals surface area contributed by atoms with Crippen LogP contribution in [0.3, 0.4) is 0 Å². The quantitative estimate of drug-likeness (QED) is 0.739. The number of rotatable bonds is 2. The van der Waals surface area contributed by atoms with Gasteiger partial charge in [0, 0.05) is 6.20 Å². The van der Waals surface area contributed by atoms with E-state index in [9.17, 15) is 0 Å². The molecule has 0 saturated carbocycles. The van der Waals surface area contributed by atoms with Crippen LogP contribution in [0.15, 0.2) is 60.9 Å². The van der Waals surface area contributed by atoms with E-state index in [4.69, 9.17) is 10.5 Å². The molecule has 1 heterocycles. The zero-order valence-electron chi connectivity index (χ0n) is 9.71. The van der Waals surface area contributed by atoms with Gasteiger partial charge in [0.05, 0.1) is 11.9 Å². The summed E-state index contributed by atoms with van der Waals surface area (Å²) in [6.45, 7) is 0. The van der Waals surface area contributed by atoms with E-state index in [1.807, 2.05) is 30.3 Å². The van der Waals surface area contributed by atoms with Gasteiger partial charge in [-0.3, -0.25) is 4.98 Å². The molecular weight excluding hydrogens is 224 g/mol. The summed E-state index contributed by atoms with van der Waals surface area (Å²) in [6, 6.07) is 15.8. The van der Waals surface area contributed by atoms with Gasteiger partial charge in [-0.1, -0.05) is 30.3 Å². The second-order valence-electron chi connectivity index (χ2n) is 4.02. The van der Waals surface area contributed by atoms with E-state index in [0.29, 0.717) is 11.4 Å². The first-order valence-corrected chi connectivity index (χ1v) is 5.69. The SMILES string of the molecule is Nc1ccncc1Oc1ccc2ccccc2c1. The maximum Gasteiger partial charge on any atom is 0.168 e. The maximum atomic E-state index is 5.82. The third-order valence-corrected chi connectivity index (χ3v) is 2.77. The van der Waals surface area contributed by atoms with Crippen molar-refractivity contribution in [3.05, 3.63) is 60.9 Å². The van der Waals surface area contributed by atoms with Crippen molar-refractivity contribution in [3.63, 3.8) is 0 Å². The van der Waals surface area contributed by atoms with Gasteiger partial charge in [-0.2, -0.15) is 0 Å². The smallest absolute Gasteiger partial charge is 0.168 e. The zero-order chi connectivity index (χ0) is 12.4. The largest absolute Gasteiger partial charge is 0.454 e. The fourth-order valence-corrected chi connectivity index (χ4v) is 1.83. The van der Waals surface area contributed by atoms with Crippen LogP contribution in [0.1, 0.15) is 0 Å². The number of anilines is 1. The van der Waals surface area contributed by atoms with Crippen molar-refractivity contribution < 1.29 is 4.74 Å². The topological polar surface area (TPSA) is 48.1 Å². The molecule has 0 unspecified atom stereocenters. The number of nitrogens with two attached hydrogens (primary N) is 1. The highest BCUT2D eigenvalue weighted by molar-refractivity contribution is 5.83. The summed E-state index contributed by atoms with van der Waals surface area (Å²) < 4.78 is 5.73. The second kappa shape index (κ2) is 4.37. The molecule has 0 bridgehead atoms. The molecule has 18 heavy (non-hydrogen) atoms. The Labute approximate surface area is 105 Å². The molecule has 0 aliphatic heterocycles. The third kappa shape index (κ3) is 1.98. The first-order valence-electron chi connectivity index (χ1n) is 5.69. The Morgan fingerprint density at radius 3 is 2.61 bits per heavy atom. The van der Waals surface area contributed by atoms with Crippen molar-refractivity contribution in [2.24, 2.45) is 0 Å². The second-order valence-corrected chi connectivity index (χ2v) is 4.02. The molecule has 88 valence electrons. The number of hydrogen-bond acceptors (Lipinski definition) is 3. The van der Waals surface area contributed by atoms with Crippen LogP contribution in [0.4, 0.5) is 5.69 Å². The van der Waals surface area contributed by atoms with Crippen LogP contribution in [0.2, 0.25) is 0 Å². The summed E-state index contributed by atoms with van der Waals surface area (Å²) >= 11 is 0.